The van der Waals surface area contributed by atoms with Crippen LogP contribution in [-0.2, 0) is 0 Å². The minimum absolute atomic E-state index is 1.10. The van der Waals surface area contributed by atoms with E-state index in [0.717, 1.165) is 6.42 Å². The van der Waals surface area contributed by atoms with Crippen LogP contribution in [0.1, 0.15) is 6.42 Å². The van der Waals surface area contributed by atoms with Gasteiger partial charge in [-0.1, -0.05) is 0 Å². The molecule has 1 aliphatic carbocycles. The predicted molar refractivity (Wildman–Crippen MR) is 21.8 cm³/mol. The molecular formula is C5H5Yb. The molecule has 1 rings (SSSR count). The maximum absolute atomic E-state index is 3.03. The summed E-state index contributed by atoms with van der Waals surface area (Å²) in [4.78, 5) is 0. The third-order valence-corrected chi connectivity index (χ3v) is 1.32. The molecule has 1 aliphatic rings. The van der Waals surface area contributed by atoms with Crippen molar-refractivity contribution in [2.24, 2.45) is 0 Å². The molecule has 0 aromatic heterocycles. The van der Waals surface area contributed by atoms with Gasteiger partial charge >= 0.3 is 69.6 Å². The van der Waals surface area contributed by atoms with Crippen molar-refractivity contribution < 1.29 is 44.6 Å². The molecule has 0 N–H and O–H groups in total. The Bertz CT molecular complexity index is 101. The second kappa shape index (κ2) is 2.34. The summed E-state index contributed by atoms with van der Waals surface area (Å²) in [5.74, 6) is 0. The molecule has 0 spiro atoms. The van der Waals surface area contributed by atoms with Crippen molar-refractivity contribution in [1.29, 1.82) is 0 Å². The number of hydrogen-bond donors (Lipinski definition) is 0. The Morgan fingerprint density at radius 2 is 2.50 bits per heavy atom. The van der Waals surface area contributed by atoms with E-state index in [1.807, 2.05) is 0 Å². The van der Waals surface area contributed by atoms with Crippen LogP contribution in [0.25, 0.3) is 0 Å². The van der Waals surface area contributed by atoms with Crippen molar-refractivity contribution in [3.05, 3.63) is 18.6 Å². The van der Waals surface area contributed by atoms with E-state index < -0.39 is 0 Å². The van der Waals surface area contributed by atoms with E-state index in [1.54, 1.807) is 0 Å². The quantitative estimate of drug-likeness (QED) is 0.598. The van der Waals surface area contributed by atoms with Crippen molar-refractivity contribution in [2.45, 2.75) is 6.42 Å². The fraction of sp³-hybridized carbons (Fsp3) is 0.200. The maximum atomic E-state index is 3.03. The Balaban J connectivity index is 2.61. The fourth-order valence-corrected chi connectivity index (χ4v) is 0.765. The zero-order valence-electron chi connectivity index (χ0n) is 3.21. The van der Waals surface area contributed by atoms with Gasteiger partial charge in [0.15, 0.2) is 0 Å². The molecule has 6 heavy (non-hydrogen) atoms. The Labute approximate surface area is 68.5 Å². The van der Waals surface area contributed by atoms with Crippen LogP contribution in [0.15, 0.2) is 18.6 Å². The first kappa shape index (κ1) is 5.14. The van der Waals surface area contributed by atoms with Gasteiger partial charge in [0, 0.05) is 0 Å². The summed E-state index contributed by atoms with van der Waals surface area (Å²) in [6.07, 6.45) is 7.37. The standard InChI is InChI=1S/C5H5.Yb/c1-2-4-5-3-1;/h1-3H,4H2;. The number of allylic oxidation sites excluding steroid dienone is 4. The Kier molecular flexibility index (Phi) is 2.01. The first-order chi connectivity index (χ1) is 2.89. The van der Waals surface area contributed by atoms with Gasteiger partial charge in [-0.25, -0.2) is 0 Å². The van der Waals surface area contributed by atoms with Gasteiger partial charge in [-0.3, -0.25) is 0 Å². The zero-order chi connectivity index (χ0) is 4.41. The summed E-state index contributed by atoms with van der Waals surface area (Å²) in [6, 6.07) is 0. The van der Waals surface area contributed by atoms with Crippen molar-refractivity contribution in [3.63, 3.8) is 0 Å². The molecule has 0 fully saturated rings. The van der Waals surface area contributed by atoms with Crippen molar-refractivity contribution in [2.75, 3.05) is 0 Å². The van der Waals surface area contributed by atoms with Crippen LogP contribution in [0.3, 0.4) is 0 Å². The number of hydrogen-bond acceptors (Lipinski definition) is 0. The molecule has 0 aliphatic heterocycles. The molecule has 0 atom stereocenters. The molecule has 0 nitrogen and oxygen atoms in total. The van der Waals surface area contributed by atoms with Gasteiger partial charge < -0.3 is 0 Å². The van der Waals surface area contributed by atoms with Crippen molar-refractivity contribution in [3.8, 4) is 0 Å². The molecule has 0 heterocycles. The van der Waals surface area contributed by atoms with Crippen LogP contribution in [0.2, 0.25) is 0 Å². The van der Waals surface area contributed by atoms with Gasteiger partial charge in [-0.05, 0) is 0 Å². The summed E-state index contributed by atoms with van der Waals surface area (Å²) >= 11 is 3.03. The second-order valence-corrected chi connectivity index (χ2v) is 2.28. The molecule has 0 saturated heterocycles. The summed E-state index contributed by atoms with van der Waals surface area (Å²) < 4.78 is 1.33. The molecule has 0 unspecified atom stereocenters. The zero-order valence-corrected chi connectivity index (χ0v) is 4.92. The van der Waals surface area contributed by atoms with E-state index in [9.17, 15) is 0 Å². The van der Waals surface area contributed by atoms with Crippen LogP contribution in [0.5, 0.6) is 0 Å². The van der Waals surface area contributed by atoms with Crippen LogP contribution >= 0.6 is 0 Å². The predicted octanol–water partition coefficient (Wildman–Crippen LogP) is 1.38. The minimum atomic E-state index is 1.10. The van der Waals surface area contributed by atoms with Gasteiger partial charge in [-0.2, -0.15) is 0 Å². The van der Waals surface area contributed by atoms with Crippen LogP contribution in [-0.4, -0.2) is 0 Å². The van der Waals surface area contributed by atoms with E-state index in [4.69, 9.17) is 0 Å². The summed E-state index contributed by atoms with van der Waals surface area (Å²) in [6.45, 7) is 0. The third-order valence-electron chi connectivity index (χ3n) is 0.685. The van der Waals surface area contributed by atoms with Crippen LogP contribution in [0.4, 0.5) is 0 Å². The normalized spacial score (nSPS) is 18.7. The van der Waals surface area contributed by atoms with Gasteiger partial charge in [0.05, 0.1) is 0 Å². The first-order valence-corrected chi connectivity index (χ1v) is 2.71. The van der Waals surface area contributed by atoms with Gasteiger partial charge in [0.2, 0.25) is 0 Å². The van der Waals surface area contributed by atoms with E-state index in [-0.39, 0.29) is 0 Å². The topological polar surface area (TPSA) is 0 Å². The van der Waals surface area contributed by atoms with E-state index in [1.165, 1.54) is 0.331 Å². The molecule has 1 heteroatoms. The summed E-state index contributed by atoms with van der Waals surface area (Å²) in [5, 5.41) is 0. The van der Waals surface area contributed by atoms with Crippen molar-refractivity contribution in [1.82, 2.24) is 0 Å². The Morgan fingerprint density at radius 3 is 2.67 bits per heavy atom. The van der Waals surface area contributed by atoms with Crippen molar-refractivity contribution >= 4 is 0 Å². The molecule has 0 radical (unpaired) electrons. The molecule has 0 aromatic rings. The fourth-order valence-electron chi connectivity index (χ4n) is 0.397. The van der Waals surface area contributed by atoms with Gasteiger partial charge in [0.1, 0.15) is 0 Å². The molecular weight excluding hydrogens is 233 g/mol. The second-order valence-electron chi connectivity index (χ2n) is 1.17. The molecule has 0 saturated carbocycles. The average Bonchev–Trinajstić information content (AvgIpc) is 1.86. The monoisotopic (exact) mass is 239 g/mol. The summed E-state index contributed by atoms with van der Waals surface area (Å²) in [7, 11) is 0. The number of rotatable bonds is 0. The average molecular weight is 238 g/mol. The Hall–Kier alpha value is 0.999. The third kappa shape index (κ3) is 1.25. The Morgan fingerprint density at radius 1 is 1.67 bits per heavy atom. The van der Waals surface area contributed by atoms with Gasteiger partial charge in [0.25, 0.3) is 0 Å². The van der Waals surface area contributed by atoms with Crippen LogP contribution in [0, 0.1) is 44.6 Å². The van der Waals surface area contributed by atoms with E-state index in [0.29, 0.717) is 0 Å². The molecule has 0 amide bonds. The first-order valence-electron chi connectivity index (χ1n) is 1.85. The summed E-state index contributed by atoms with van der Waals surface area (Å²) in [5.41, 5.74) is 0. The molecule has 0 aromatic carbocycles. The SMILES string of the molecule is [Yb][C]1=CC=CC1. The molecule has 39 valence electrons. The van der Waals surface area contributed by atoms with Crippen LogP contribution < -0.4 is 0 Å². The molecule has 0 bridgehead atoms. The van der Waals surface area contributed by atoms with Gasteiger partial charge in [-0.15, -0.1) is 0 Å². The van der Waals surface area contributed by atoms with E-state index >= 15 is 0 Å². The van der Waals surface area contributed by atoms with E-state index in [2.05, 4.69) is 62.9 Å².